The van der Waals surface area contributed by atoms with Gasteiger partial charge in [-0.15, -0.1) is 0 Å². The van der Waals surface area contributed by atoms with Crippen LogP contribution in [-0.4, -0.2) is 42.8 Å². The van der Waals surface area contributed by atoms with Gasteiger partial charge in [-0.3, -0.25) is 4.79 Å². The number of hydrogen-bond donors (Lipinski definition) is 1. The highest BCUT2D eigenvalue weighted by molar-refractivity contribution is 5.95. The highest BCUT2D eigenvalue weighted by Crippen LogP contribution is 2.21. The molecule has 0 aromatic carbocycles. The highest BCUT2D eigenvalue weighted by Gasteiger charge is 2.28. The Kier molecular flexibility index (Phi) is 5.44. The van der Waals surface area contributed by atoms with Gasteiger partial charge in [0, 0.05) is 32.8 Å². The fraction of sp³-hybridized carbons (Fsp3) is 0.500. The molecular formula is C16H22N2O5. The number of methoxy groups -OCH3 is 1. The van der Waals surface area contributed by atoms with E-state index in [2.05, 4.69) is 5.32 Å². The first kappa shape index (κ1) is 17.1. The number of esters is 1. The normalized spacial score (nSPS) is 12.6. The van der Waals surface area contributed by atoms with Crippen molar-refractivity contribution in [3.63, 3.8) is 0 Å². The van der Waals surface area contributed by atoms with Crippen molar-refractivity contribution < 1.29 is 23.5 Å². The quantitative estimate of drug-likeness (QED) is 0.620. The third kappa shape index (κ3) is 3.73. The molecule has 1 atom stereocenters. The van der Waals surface area contributed by atoms with Crippen LogP contribution in [0.3, 0.4) is 0 Å². The average Bonchev–Trinajstić information content (AvgIpc) is 3.07. The van der Waals surface area contributed by atoms with Gasteiger partial charge in [0.1, 0.15) is 5.69 Å². The molecule has 0 bridgehead atoms. The van der Waals surface area contributed by atoms with E-state index in [-0.39, 0.29) is 11.8 Å². The summed E-state index contributed by atoms with van der Waals surface area (Å²) in [5.41, 5.74) is 1.74. The second-order valence-electron chi connectivity index (χ2n) is 5.61. The van der Waals surface area contributed by atoms with E-state index in [0.717, 1.165) is 5.52 Å². The van der Waals surface area contributed by atoms with Gasteiger partial charge in [0.05, 0.1) is 18.4 Å². The van der Waals surface area contributed by atoms with Crippen LogP contribution >= 0.6 is 0 Å². The number of ether oxygens (including phenoxy) is 2. The van der Waals surface area contributed by atoms with Crippen LogP contribution in [0.5, 0.6) is 0 Å². The second kappa shape index (κ2) is 7.32. The van der Waals surface area contributed by atoms with E-state index >= 15 is 0 Å². The summed E-state index contributed by atoms with van der Waals surface area (Å²) >= 11 is 0. The number of aromatic nitrogens is 1. The van der Waals surface area contributed by atoms with E-state index in [1.807, 2.05) is 13.8 Å². The number of carbonyl (C=O) groups is 2. The minimum absolute atomic E-state index is 0.148. The zero-order valence-electron chi connectivity index (χ0n) is 13.8. The van der Waals surface area contributed by atoms with Crippen LogP contribution in [0.15, 0.2) is 22.8 Å². The van der Waals surface area contributed by atoms with Crippen LogP contribution in [0.4, 0.5) is 0 Å². The summed E-state index contributed by atoms with van der Waals surface area (Å²) in [7, 11) is 3.30. The molecule has 0 saturated carbocycles. The monoisotopic (exact) mass is 322 g/mol. The Morgan fingerprint density at radius 3 is 2.74 bits per heavy atom. The number of aryl methyl sites for hydroxylation is 1. The topological polar surface area (TPSA) is 82.7 Å². The molecule has 0 aliphatic carbocycles. The van der Waals surface area contributed by atoms with Gasteiger partial charge in [-0.25, -0.2) is 4.79 Å². The summed E-state index contributed by atoms with van der Waals surface area (Å²) < 4.78 is 17.3. The van der Waals surface area contributed by atoms with Gasteiger partial charge in [0.25, 0.3) is 5.91 Å². The molecule has 0 spiro atoms. The third-order valence-corrected chi connectivity index (χ3v) is 3.58. The third-order valence-electron chi connectivity index (χ3n) is 3.58. The first-order valence-electron chi connectivity index (χ1n) is 7.46. The first-order chi connectivity index (χ1) is 11.0. The van der Waals surface area contributed by atoms with Gasteiger partial charge in [-0.1, -0.05) is 13.8 Å². The highest BCUT2D eigenvalue weighted by atomic mass is 16.5. The number of amides is 1. The van der Waals surface area contributed by atoms with Crippen LogP contribution in [0.2, 0.25) is 0 Å². The number of furan rings is 1. The molecule has 0 aliphatic heterocycles. The lowest BCUT2D eigenvalue weighted by atomic mass is 10.1. The molecule has 7 nitrogen and oxygen atoms in total. The van der Waals surface area contributed by atoms with Crippen LogP contribution in [0.1, 0.15) is 24.3 Å². The van der Waals surface area contributed by atoms with Crippen molar-refractivity contribution in [1.29, 1.82) is 0 Å². The Hall–Kier alpha value is -2.28. The summed E-state index contributed by atoms with van der Waals surface area (Å²) in [5.74, 6) is -1.03. The fourth-order valence-corrected chi connectivity index (χ4v) is 2.29. The molecule has 0 saturated heterocycles. The number of nitrogens with zero attached hydrogens (tertiary/aromatic N) is 1. The second-order valence-corrected chi connectivity index (χ2v) is 5.61. The van der Waals surface area contributed by atoms with Crippen LogP contribution in [0.25, 0.3) is 11.1 Å². The molecule has 1 N–H and O–H groups in total. The Balaban J connectivity index is 2.09. The molecule has 2 rings (SSSR count). The predicted molar refractivity (Wildman–Crippen MR) is 84.1 cm³/mol. The van der Waals surface area contributed by atoms with Crippen LogP contribution < -0.4 is 5.32 Å². The van der Waals surface area contributed by atoms with Crippen molar-refractivity contribution in [2.75, 3.05) is 20.3 Å². The number of rotatable bonds is 7. The molecule has 2 aromatic rings. The van der Waals surface area contributed by atoms with Crippen molar-refractivity contribution in [3.05, 3.63) is 24.1 Å². The summed E-state index contributed by atoms with van der Waals surface area (Å²) in [6.07, 6.45) is 0.695. The zero-order valence-corrected chi connectivity index (χ0v) is 13.8. The smallest absolute Gasteiger partial charge is 0.355 e. The molecule has 1 unspecified atom stereocenters. The molecule has 0 fully saturated rings. The van der Waals surface area contributed by atoms with E-state index in [0.29, 0.717) is 24.4 Å². The van der Waals surface area contributed by atoms with Crippen molar-refractivity contribution >= 4 is 23.0 Å². The number of hydrogen-bond acceptors (Lipinski definition) is 5. The summed E-state index contributed by atoms with van der Waals surface area (Å²) in [6.45, 7) is 4.42. The largest absolute Gasteiger partial charge is 0.463 e. The average molecular weight is 322 g/mol. The first-order valence-corrected chi connectivity index (χ1v) is 7.46. The van der Waals surface area contributed by atoms with Crippen molar-refractivity contribution in [3.8, 4) is 0 Å². The number of carbonyl (C=O) groups excluding carboxylic acids is 2. The molecule has 126 valence electrons. The molecule has 1 amide bonds. The van der Waals surface area contributed by atoms with E-state index in [1.54, 1.807) is 37.1 Å². The van der Waals surface area contributed by atoms with E-state index in [4.69, 9.17) is 13.9 Å². The van der Waals surface area contributed by atoms with Crippen LogP contribution in [-0.2, 0) is 21.3 Å². The van der Waals surface area contributed by atoms with E-state index < -0.39 is 12.1 Å². The van der Waals surface area contributed by atoms with Crippen molar-refractivity contribution in [1.82, 2.24) is 9.88 Å². The Labute approximate surface area is 134 Å². The summed E-state index contributed by atoms with van der Waals surface area (Å²) in [4.78, 5) is 24.6. The molecule has 2 aromatic heterocycles. The van der Waals surface area contributed by atoms with Crippen molar-refractivity contribution in [2.45, 2.75) is 20.0 Å². The molecule has 0 aliphatic rings. The Morgan fingerprint density at radius 2 is 2.13 bits per heavy atom. The van der Waals surface area contributed by atoms with Gasteiger partial charge in [-0.2, -0.15) is 0 Å². The van der Waals surface area contributed by atoms with Gasteiger partial charge < -0.3 is 23.8 Å². The van der Waals surface area contributed by atoms with E-state index in [1.165, 1.54) is 0 Å². The maximum atomic E-state index is 12.4. The van der Waals surface area contributed by atoms with Crippen molar-refractivity contribution in [2.24, 2.45) is 13.0 Å². The van der Waals surface area contributed by atoms with Crippen LogP contribution in [0, 0.1) is 5.92 Å². The Morgan fingerprint density at radius 1 is 1.39 bits per heavy atom. The number of nitrogens with one attached hydrogen (secondary N) is 1. The molecule has 23 heavy (non-hydrogen) atoms. The maximum Gasteiger partial charge on any atom is 0.355 e. The SMILES string of the molecule is COCCNC(=O)C(OC(=O)c1cc2occc2n1C)C(C)C. The predicted octanol–water partition coefficient (Wildman–Crippen LogP) is 1.72. The number of fused-ring (bicyclic) bond motifs is 1. The van der Waals surface area contributed by atoms with Gasteiger partial charge in [-0.05, 0) is 5.92 Å². The van der Waals surface area contributed by atoms with Gasteiger partial charge in [0.2, 0.25) is 0 Å². The molecule has 2 heterocycles. The lowest BCUT2D eigenvalue weighted by molar-refractivity contribution is -0.132. The lowest BCUT2D eigenvalue weighted by Gasteiger charge is -2.20. The zero-order chi connectivity index (χ0) is 17.0. The summed E-state index contributed by atoms with van der Waals surface area (Å²) in [6, 6.07) is 3.38. The lowest BCUT2D eigenvalue weighted by Crippen LogP contribution is -2.42. The Bertz CT molecular complexity index is 686. The molecule has 7 heteroatoms. The molecular weight excluding hydrogens is 300 g/mol. The maximum absolute atomic E-state index is 12.4. The minimum atomic E-state index is -0.861. The van der Waals surface area contributed by atoms with E-state index in [9.17, 15) is 9.59 Å². The van der Waals surface area contributed by atoms with Gasteiger partial charge in [0.15, 0.2) is 11.7 Å². The summed E-state index contributed by atoms with van der Waals surface area (Å²) in [5, 5.41) is 2.69. The fourth-order valence-electron chi connectivity index (χ4n) is 2.29. The standard InChI is InChI=1S/C16H22N2O5/c1-10(2)14(15(19)17-6-8-21-4)23-16(20)12-9-13-11(18(12)3)5-7-22-13/h5,7,9-10,14H,6,8H2,1-4H3,(H,17,19). The minimum Gasteiger partial charge on any atom is -0.463 e. The van der Waals surface area contributed by atoms with Gasteiger partial charge >= 0.3 is 5.97 Å². The molecule has 0 radical (unpaired) electrons.